The van der Waals surface area contributed by atoms with E-state index >= 15 is 0 Å². The van der Waals surface area contributed by atoms with Crippen LogP contribution >= 0.6 is 0 Å². The van der Waals surface area contributed by atoms with Crippen LogP contribution in [0.5, 0.6) is 0 Å². The molecule has 4 aliphatic rings. The third kappa shape index (κ3) is 3.16. The fourth-order valence-corrected chi connectivity index (χ4v) is 5.43. The molecule has 3 fully saturated rings. The van der Waals surface area contributed by atoms with Gasteiger partial charge in [-0.15, -0.1) is 0 Å². The van der Waals surface area contributed by atoms with E-state index in [1.807, 2.05) is 30.3 Å². The number of carbonyl (C=O) groups is 2. The molecule has 4 atom stereocenters. The number of anilines is 1. The minimum absolute atomic E-state index is 0.0290. The van der Waals surface area contributed by atoms with E-state index in [1.165, 1.54) is 12.1 Å². The van der Waals surface area contributed by atoms with Gasteiger partial charge in [-0.2, -0.15) is 0 Å². The Kier molecular flexibility index (Phi) is 4.30. The number of hydrogen-bond donors (Lipinski definition) is 3. The van der Waals surface area contributed by atoms with Crippen LogP contribution in [0.1, 0.15) is 41.6 Å². The van der Waals surface area contributed by atoms with Gasteiger partial charge in [-0.3, -0.25) is 9.59 Å². The highest BCUT2D eigenvalue weighted by Gasteiger charge is 2.55. The lowest BCUT2D eigenvalue weighted by atomic mass is 9.58. The van der Waals surface area contributed by atoms with E-state index < -0.39 is 5.66 Å². The minimum Gasteiger partial charge on any atom is -0.362 e. The number of rotatable bonds is 3. The summed E-state index contributed by atoms with van der Waals surface area (Å²) in [5.41, 5.74) is 1.83. The van der Waals surface area contributed by atoms with Crippen LogP contribution in [0.25, 0.3) is 0 Å². The standard InChI is InChI=1S/C23H24FN3O2/c24-17-5-3-4-14(10-17)13-25-21(28)19-11-16-9-8-15(19)12-23(16)26-20-7-2-1-6-18(20)22(29)27-23/h1-7,10,15-16,19,26H,8-9,11-13H2,(H,25,28)(H,27,29)/t15-,16+,19-,23-/m1/s1. The molecular weight excluding hydrogens is 369 g/mol. The molecule has 0 radical (unpaired) electrons. The second kappa shape index (κ2) is 6.87. The lowest BCUT2D eigenvalue weighted by Crippen LogP contribution is -2.68. The Morgan fingerprint density at radius 1 is 1.14 bits per heavy atom. The summed E-state index contributed by atoms with van der Waals surface area (Å²) in [5, 5.41) is 9.80. The molecular formula is C23H24FN3O2. The highest BCUT2D eigenvalue weighted by Crippen LogP contribution is 2.51. The molecule has 2 aromatic carbocycles. The molecule has 1 spiro atoms. The lowest BCUT2D eigenvalue weighted by molar-refractivity contribution is -0.132. The highest BCUT2D eigenvalue weighted by atomic mass is 19.1. The van der Waals surface area contributed by atoms with E-state index in [0.717, 1.165) is 36.9 Å². The zero-order valence-corrected chi connectivity index (χ0v) is 16.1. The first-order valence-electron chi connectivity index (χ1n) is 10.3. The van der Waals surface area contributed by atoms with Gasteiger partial charge in [0, 0.05) is 24.1 Å². The Balaban J connectivity index is 1.29. The summed E-state index contributed by atoms with van der Waals surface area (Å²) in [4.78, 5) is 25.5. The Hall–Kier alpha value is -2.89. The molecule has 0 unspecified atom stereocenters. The van der Waals surface area contributed by atoms with Gasteiger partial charge in [0.25, 0.3) is 5.91 Å². The van der Waals surface area contributed by atoms with E-state index in [1.54, 1.807) is 6.07 Å². The maximum Gasteiger partial charge on any atom is 0.255 e. The highest BCUT2D eigenvalue weighted by molar-refractivity contribution is 6.02. The molecule has 1 heterocycles. The number of amides is 2. The van der Waals surface area contributed by atoms with Crippen LogP contribution in [-0.4, -0.2) is 17.5 Å². The summed E-state index contributed by atoms with van der Waals surface area (Å²) in [6.45, 7) is 0.331. The first kappa shape index (κ1) is 18.2. The van der Waals surface area contributed by atoms with E-state index in [4.69, 9.17) is 0 Å². The number of fused-ring (bicyclic) bond motifs is 3. The minimum atomic E-state index is -0.465. The summed E-state index contributed by atoms with van der Waals surface area (Å²) in [5.74, 6) is 0.0410. The van der Waals surface area contributed by atoms with E-state index in [2.05, 4.69) is 16.0 Å². The molecule has 6 rings (SSSR count). The molecule has 5 nitrogen and oxygen atoms in total. The van der Waals surface area contributed by atoms with Crippen LogP contribution < -0.4 is 16.0 Å². The smallest absolute Gasteiger partial charge is 0.255 e. The predicted molar refractivity (Wildman–Crippen MR) is 107 cm³/mol. The SMILES string of the molecule is O=C1N[C@@]2(C[C@H]3CC[C@H]2C[C@H]3C(=O)NCc2cccc(F)c2)Nc2ccccc21. The van der Waals surface area contributed by atoms with Crippen molar-refractivity contribution in [2.45, 2.75) is 37.9 Å². The van der Waals surface area contributed by atoms with Gasteiger partial charge in [0.1, 0.15) is 11.5 Å². The molecule has 2 aromatic rings. The predicted octanol–water partition coefficient (Wildman–Crippen LogP) is 3.43. The summed E-state index contributed by atoms with van der Waals surface area (Å²) in [7, 11) is 0. The van der Waals surface area contributed by atoms with Crippen LogP contribution in [-0.2, 0) is 11.3 Å². The molecule has 0 saturated heterocycles. The van der Waals surface area contributed by atoms with Crippen molar-refractivity contribution in [3.8, 4) is 0 Å². The van der Waals surface area contributed by atoms with Gasteiger partial charge < -0.3 is 16.0 Å². The summed E-state index contributed by atoms with van der Waals surface area (Å²) >= 11 is 0. The van der Waals surface area contributed by atoms with Crippen molar-refractivity contribution in [2.24, 2.45) is 17.8 Å². The third-order valence-corrected chi connectivity index (χ3v) is 6.83. The molecule has 0 aromatic heterocycles. The molecule has 6 heteroatoms. The maximum atomic E-state index is 13.4. The van der Waals surface area contributed by atoms with Crippen molar-refractivity contribution >= 4 is 17.5 Å². The molecule has 1 aliphatic heterocycles. The quantitative estimate of drug-likeness (QED) is 0.748. The third-order valence-electron chi connectivity index (χ3n) is 6.83. The normalized spacial score (nSPS) is 29.7. The second-order valence-corrected chi connectivity index (χ2v) is 8.52. The Labute approximate surface area is 169 Å². The average Bonchev–Trinajstić information content (AvgIpc) is 2.72. The first-order chi connectivity index (χ1) is 14.0. The van der Waals surface area contributed by atoms with Gasteiger partial charge in [-0.25, -0.2) is 4.39 Å². The Morgan fingerprint density at radius 2 is 2.00 bits per heavy atom. The van der Waals surface area contributed by atoms with E-state index in [9.17, 15) is 14.0 Å². The summed E-state index contributed by atoms with van der Waals surface area (Å²) in [6.07, 6.45) is 3.47. The van der Waals surface area contributed by atoms with Crippen LogP contribution in [0.15, 0.2) is 48.5 Å². The van der Waals surface area contributed by atoms with Gasteiger partial charge in [-0.1, -0.05) is 24.3 Å². The van der Waals surface area contributed by atoms with Crippen molar-refractivity contribution in [2.75, 3.05) is 5.32 Å². The van der Waals surface area contributed by atoms with Crippen LogP contribution in [0.3, 0.4) is 0 Å². The Bertz CT molecular complexity index is 978. The van der Waals surface area contributed by atoms with Crippen molar-refractivity contribution < 1.29 is 14.0 Å². The number of benzene rings is 2. The van der Waals surface area contributed by atoms with Gasteiger partial charge in [0.15, 0.2) is 0 Å². The van der Waals surface area contributed by atoms with Crippen molar-refractivity contribution in [3.05, 3.63) is 65.5 Å². The zero-order chi connectivity index (χ0) is 20.0. The summed E-state index contributed by atoms with van der Waals surface area (Å²) < 4.78 is 13.4. The Morgan fingerprint density at radius 3 is 2.79 bits per heavy atom. The van der Waals surface area contributed by atoms with Crippen molar-refractivity contribution in [1.82, 2.24) is 10.6 Å². The number of carbonyl (C=O) groups excluding carboxylic acids is 2. The van der Waals surface area contributed by atoms with Crippen LogP contribution in [0, 0.1) is 23.6 Å². The second-order valence-electron chi connectivity index (χ2n) is 8.52. The van der Waals surface area contributed by atoms with Crippen molar-refractivity contribution in [3.63, 3.8) is 0 Å². The molecule has 3 N–H and O–H groups in total. The van der Waals surface area contributed by atoms with Gasteiger partial charge >= 0.3 is 0 Å². The largest absolute Gasteiger partial charge is 0.362 e. The molecule has 150 valence electrons. The number of halogens is 1. The average molecular weight is 393 g/mol. The fraction of sp³-hybridized carbons (Fsp3) is 0.391. The fourth-order valence-electron chi connectivity index (χ4n) is 5.43. The first-order valence-corrected chi connectivity index (χ1v) is 10.3. The molecule has 3 aliphatic carbocycles. The molecule has 2 amide bonds. The summed E-state index contributed by atoms with van der Waals surface area (Å²) in [6, 6.07) is 13.9. The molecule has 2 bridgehead atoms. The van der Waals surface area contributed by atoms with Gasteiger partial charge in [0.2, 0.25) is 5.91 Å². The topological polar surface area (TPSA) is 70.2 Å². The van der Waals surface area contributed by atoms with E-state index in [0.29, 0.717) is 12.1 Å². The molecule has 3 saturated carbocycles. The number of para-hydroxylation sites is 1. The number of nitrogens with one attached hydrogen (secondary N) is 3. The monoisotopic (exact) mass is 393 g/mol. The van der Waals surface area contributed by atoms with E-state index in [-0.39, 0.29) is 35.4 Å². The lowest BCUT2D eigenvalue weighted by Gasteiger charge is -2.56. The van der Waals surface area contributed by atoms with Crippen LogP contribution in [0.2, 0.25) is 0 Å². The number of hydrogen-bond acceptors (Lipinski definition) is 3. The molecule has 29 heavy (non-hydrogen) atoms. The van der Waals surface area contributed by atoms with Gasteiger partial charge in [0.05, 0.1) is 5.56 Å². The maximum absolute atomic E-state index is 13.4. The van der Waals surface area contributed by atoms with Crippen LogP contribution in [0.4, 0.5) is 10.1 Å². The van der Waals surface area contributed by atoms with Crippen molar-refractivity contribution in [1.29, 1.82) is 0 Å². The zero-order valence-electron chi connectivity index (χ0n) is 16.1. The van der Waals surface area contributed by atoms with Gasteiger partial charge in [-0.05, 0) is 61.4 Å².